The summed E-state index contributed by atoms with van der Waals surface area (Å²) < 4.78 is 38.4. The van der Waals surface area contributed by atoms with Crippen molar-refractivity contribution >= 4 is 17.5 Å². The van der Waals surface area contributed by atoms with Gasteiger partial charge in [-0.15, -0.1) is 0 Å². The van der Waals surface area contributed by atoms with Crippen LogP contribution in [0, 0.1) is 11.8 Å². The minimum absolute atomic E-state index is 0.0167. The van der Waals surface area contributed by atoms with Gasteiger partial charge in [-0.25, -0.2) is 10.4 Å². The van der Waals surface area contributed by atoms with Crippen molar-refractivity contribution in [1.82, 2.24) is 20.1 Å². The van der Waals surface area contributed by atoms with E-state index in [9.17, 15) is 22.8 Å². The van der Waals surface area contributed by atoms with Crippen molar-refractivity contribution < 1.29 is 22.8 Å². The van der Waals surface area contributed by atoms with E-state index < -0.39 is 11.7 Å². The fourth-order valence-electron chi connectivity index (χ4n) is 5.47. The van der Waals surface area contributed by atoms with Crippen LogP contribution in [0.1, 0.15) is 11.1 Å². The third-order valence-corrected chi connectivity index (χ3v) is 7.40. The molecule has 2 aromatic rings. The molecule has 3 saturated heterocycles. The summed E-state index contributed by atoms with van der Waals surface area (Å²) in [7, 11) is 1.94. The monoisotopic (exact) mass is 501 g/mol. The Hall–Kier alpha value is -2.95. The average Bonchev–Trinajstić information content (AvgIpc) is 3.20. The largest absolute Gasteiger partial charge is 0.416 e. The smallest absolute Gasteiger partial charge is 0.340 e. The fraction of sp³-hybridized carbons (Fsp3) is 0.462. The number of hydrogen-bond donors (Lipinski definition) is 1. The quantitative estimate of drug-likeness (QED) is 0.698. The van der Waals surface area contributed by atoms with Crippen molar-refractivity contribution in [1.29, 1.82) is 0 Å². The van der Waals surface area contributed by atoms with Gasteiger partial charge in [0, 0.05) is 45.8 Å². The minimum Gasteiger partial charge on any atom is -0.340 e. The van der Waals surface area contributed by atoms with Crippen LogP contribution in [0.25, 0.3) is 0 Å². The number of para-hydroxylation sites is 1. The molecule has 0 aromatic heterocycles. The zero-order valence-corrected chi connectivity index (χ0v) is 20.1. The summed E-state index contributed by atoms with van der Waals surface area (Å²) in [6, 6.07) is 14.4. The topological polar surface area (TPSA) is 59.1 Å². The third-order valence-electron chi connectivity index (χ3n) is 7.40. The van der Waals surface area contributed by atoms with Crippen LogP contribution < -0.4 is 10.4 Å². The molecule has 3 fully saturated rings. The van der Waals surface area contributed by atoms with Crippen LogP contribution in [0.3, 0.4) is 0 Å². The van der Waals surface area contributed by atoms with Gasteiger partial charge in [-0.1, -0.05) is 30.3 Å². The van der Waals surface area contributed by atoms with Crippen molar-refractivity contribution in [2.75, 3.05) is 51.3 Å². The Morgan fingerprint density at radius 3 is 2.28 bits per heavy atom. The number of fused-ring (bicyclic) bond motifs is 1. The highest BCUT2D eigenvalue weighted by molar-refractivity contribution is 5.98. The highest BCUT2D eigenvalue weighted by Gasteiger charge is 2.51. The lowest BCUT2D eigenvalue weighted by Gasteiger charge is -2.41. The number of piperidine rings is 1. The maximum atomic E-state index is 13.6. The van der Waals surface area contributed by atoms with Gasteiger partial charge in [-0.2, -0.15) is 13.2 Å². The third kappa shape index (κ3) is 4.98. The average molecular weight is 502 g/mol. The number of alkyl halides is 3. The Kier molecular flexibility index (Phi) is 6.76. The first-order chi connectivity index (χ1) is 17.2. The van der Waals surface area contributed by atoms with Crippen LogP contribution in [-0.2, 0) is 22.3 Å². The molecule has 192 valence electrons. The summed E-state index contributed by atoms with van der Waals surface area (Å²) >= 11 is 0. The van der Waals surface area contributed by atoms with Crippen molar-refractivity contribution in [3.8, 4) is 0 Å². The number of nitrogens with zero attached hydrogens (tertiary/aromatic N) is 4. The van der Waals surface area contributed by atoms with Crippen molar-refractivity contribution in [3.63, 3.8) is 0 Å². The maximum absolute atomic E-state index is 13.6. The second kappa shape index (κ2) is 9.84. The second-order valence-corrected chi connectivity index (χ2v) is 9.89. The number of nitrogens with one attached hydrogen (secondary N) is 1. The fourth-order valence-corrected chi connectivity index (χ4v) is 5.47. The molecule has 2 amide bonds. The molecule has 3 aliphatic heterocycles. The number of carbonyl (C=O) groups excluding carboxylic acids is 2. The lowest BCUT2D eigenvalue weighted by molar-refractivity contribution is -0.141. The predicted molar refractivity (Wildman–Crippen MR) is 129 cm³/mol. The van der Waals surface area contributed by atoms with E-state index in [-0.39, 0.29) is 29.7 Å². The van der Waals surface area contributed by atoms with Crippen LogP contribution in [0.4, 0.5) is 18.9 Å². The van der Waals surface area contributed by atoms with E-state index in [1.165, 1.54) is 12.1 Å². The number of carbonyl (C=O) groups is 2. The van der Waals surface area contributed by atoms with Crippen molar-refractivity contribution in [3.05, 3.63) is 65.7 Å². The summed E-state index contributed by atoms with van der Waals surface area (Å²) in [6.07, 6.45) is -4.34. The number of halogens is 3. The van der Waals surface area contributed by atoms with Crippen LogP contribution in [0.2, 0.25) is 0 Å². The van der Waals surface area contributed by atoms with Gasteiger partial charge < -0.3 is 9.80 Å². The van der Waals surface area contributed by atoms with Crippen LogP contribution >= 0.6 is 0 Å². The minimum atomic E-state index is -4.34. The van der Waals surface area contributed by atoms with Crippen LogP contribution in [-0.4, -0.2) is 78.9 Å². The summed E-state index contributed by atoms with van der Waals surface area (Å²) in [5.41, 5.74) is 4.25. The van der Waals surface area contributed by atoms with E-state index in [1.807, 2.05) is 42.3 Å². The van der Waals surface area contributed by atoms with Gasteiger partial charge in [0.2, 0.25) is 11.8 Å². The first kappa shape index (κ1) is 24.7. The number of likely N-dealkylation sites (tertiary alicyclic amines) is 1. The van der Waals surface area contributed by atoms with Crippen LogP contribution in [0.5, 0.6) is 0 Å². The molecule has 7 nitrogen and oxygen atoms in total. The van der Waals surface area contributed by atoms with Crippen molar-refractivity contribution in [2.24, 2.45) is 11.8 Å². The Balaban J connectivity index is 1.20. The molecule has 1 N–H and O–H groups in total. The van der Waals surface area contributed by atoms with E-state index >= 15 is 0 Å². The molecule has 5 rings (SSSR count). The lowest BCUT2D eigenvalue weighted by Crippen LogP contribution is -2.59. The SMILES string of the molecule is CN1CC(C(=O)N2CCN(Cc3ccc(C(F)(F)F)cc3)CC2)C2NN(c3ccccc3)C(=O)C2C1. The highest BCUT2D eigenvalue weighted by Crippen LogP contribution is 2.33. The normalized spacial score (nSPS) is 25.8. The number of anilines is 1. The maximum Gasteiger partial charge on any atom is 0.416 e. The first-order valence-electron chi connectivity index (χ1n) is 12.2. The van der Waals surface area contributed by atoms with Crippen molar-refractivity contribution in [2.45, 2.75) is 18.8 Å². The molecule has 0 saturated carbocycles. The number of rotatable bonds is 4. The van der Waals surface area contributed by atoms with Gasteiger partial charge in [-0.05, 0) is 36.9 Å². The van der Waals surface area contributed by atoms with E-state index in [0.717, 1.165) is 23.4 Å². The Morgan fingerprint density at radius 2 is 1.64 bits per heavy atom. The molecular weight excluding hydrogens is 471 g/mol. The van der Waals surface area contributed by atoms with E-state index in [1.54, 1.807) is 5.01 Å². The summed E-state index contributed by atoms with van der Waals surface area (Å²) in [5.74, 6) is -0.607. The second-order valence-electron chi connectivity index (χ2n) is 9.89. The molecule has 36 heavy (non-hydrogen) atoms. The van der Waals surface area contributed by atoms with Gasteiger partial charge in [0.1, 0.15) is 0 Å². The highest BCUT2D eigenvalue weighted by atomic mass is 19.4. The molecule has 2 aromatic carbocycles. The van der Waals surface area contributed by atoms with E-state index in [2.05, 4.69) is 15.2 Å². The molecule has 0 spiro atoms. The molecule has 3 aliphatic rings. The molecule has 10 heteroatoms. The molecule has 3 unspecified atom stereocenters. The van der Waals surface area contributed by atoms with Gasteiger partial charge in [-0.3, -0.25) is 14.5 Å². The summed E-state index contributed by atoms with van der Waals surface area (Å²) in [6.45, 7) is 4.11. The molecular formula is C26H30F3N5O2. The Morgan fingerprint density at radius 1 is 0.972 bits per heavy atom. The molecule has 0 aliphatic carbocycles. The number of hydrogen-bond acceptors (Lipinski definition) is 5. The zero-order valence-electron chi connectivity index (χ0n) is 20.1. The number of benzene rings is 2. The van der Waals surface area contributed by atoms with Gasteiger partial charge in [0.05, 0.1) is 29.1 Å². The Labute approximate surface area is 208 Å². The number of amides is 2. The summed E-state index contributed by atoms with van der Waals surface area (Å²) in [5, 5.41) is 1.58. The molecule has 0 bridgehead atoms. The van der Waals surface area contributed by atoms with Gasteiger partial charge in [0.25, 0.3) is 0 Å². The van der Waals surface area contributed by atoms with Gasteiger partial charge >= 0.3 is 6.18 Å². The lowest BCUT2D eigenvalue weighted by atomic mass is 9.84. The standard InChI is InChI=1S/C26H30F3N5O2/c1-31-16-21(23-22(17-31)25(36)34(30-23)20-5-3-2-4-6-20)24(35)33-13-11-32(12-14-33)15-18-7-9-19(10-8-18)26(27,28)29/h2-10,21-23,30H,11-17H2,1H3. The molecule has 3 atom stereocenters. The number of piperazine rings is 1. The summed E-state index contributed by atoms with van der Waals surface area (Å²) in [4.78, 5) is 32.8. The molecule has 0 radical (unpaired) electrons. The zero-order chi connectivity index (χ0) is 25.4. The number of hydrazine groups is 1. The predicted octanol–water partition coefficient (Wildman–Crippen LogP) is 2.45. The van der Waals surface area contributed by atoms with Gasteiger partial charge in [0.15, 0.2) is 0 Å². The molecule has 3 heterocycles. The Bertz CT molecular complexity index is 1090. The van der Waals surface area contributed by atoms with E-state index in [4.69, 9.17) is 0 Å². The van der Waals surface area contributed by atoms with E-state index in [0.29, 0.717) is 45.8 Å². The van der Waals surface area contributed by atoms with Crippen LogP contribution in [0.15, 0.2) is 54.6 Å². The first-order valence-corrected chi connectivity index (χ1v) is 12.2.